The predicted molar refractivity (Wildman–Crippen MR) is 90.4 cm³/mol. The third kappa shape index (κ3) is 8.76. The summed E-state index contributed by atoms with van der Waals surface area (Å²) in [7, 11) is 0. The van der Waals surface area contributed by atoms with Crippen LogP contribution in [0.15, 0.2) is 48.5 Å². The molecule has 0 saturated carbocycles. The highest BCUT2D eigenvalue weighted by Gasteiger charge is 1.82. The molecule has 2 aromatic rings. The van der Waals surface area contributed by atoms with Gasteiger partial charge in [0.1, 0.15) is 0 Å². The van der Waals surface area contributed by atoms with E-state index >= 15 is 0 Å². The fourth-order valence-electron chi connectivity index (χ4n) is 1.07. The molecule has 0 aliphatic carbocycles. The minimum atomic E-state index is 0.801. The van der Waals surface area contributed by atoms with Gasteiger partial charge in [-0.2, -0.15) is 0 Å². The maximum atomic E-state index is 5.61. The van der Waals surface area contributed by atoms with Gasteiger partial charge in [-0.1, -0.05) is 58.6 Å². The van der Waals surface area contributed by atoms with Crippen molar-refractivity contribution in [2.75, 3.05) is 0 Å². The molecule has 0 aliphatic heterocycles. The second-order valence-electron chi connectivity index (χ2n) is 3.59. The van der Waals surface area contributed by atoms with Crippen LogP contribution in [0.25, 0.3) is 0 Å². The van der Waals surface area contributed by atoms with Crippen LogP contribution in [0, 0.1) is 13.8 Å². The first-order valence-corrected chi connectivity index (χ1v) is 7.58. The molecular formula is C14H16Cl2S2. The second kappa shape index (κ2) is 10.6. The van der Waals surface area contributed by atoms with E-state index in [1.54, 1.807) is 0 Å². The van der Waals surface area contributed by atoms with Crippen molar-refractivity contribution in [2.24, 2.45) is 0 Å². The molecule has 0 aliphatic rings. The normalized spacial score (nSPS) is 8.56. The van der Waals surface area contributed by atoms with Crippen molar-refractivity contribution in [3.05, 3.63) is 69.7 Å². The van der Waals surface area contributed by atoms with Crippen LogP contribution in [0.1, 0.15) is 11.1 Å². The van der Waals surface area contributed by atoms with Gasteiger partial charge in [0.2, 0.25) is 0 Å². The summed E-state index contributed by atoms with van der Waals surface area (Å²) in [5.41, 5.74) is 2.49. The van der Waals surface area contributed by atoms with Crippen molar-refractivity contribution < 1.29 is 0 Å². The molecule has 0 nitrogen and oxygen atoms in total. The zero-order chi connectivity index (χ0) is 14.0. The Balaban J connectivity index is 0.000000283. The van der Waals surface area contributed by atoms with Crippen LogP contribution in [0.3, 0.4) is 0 Å². The molecule has 98 valence electrons. The molecule has 4 heteroatoms. The first-order valence-electron chi connectivity index (χ1n) is 5.22. The molecule has 0 atom stereocenters. The summed E-state index contributed by atoms with van der Waals surface area (Å²) in [6.07, 6.45) is 0. The van der Waals surface area contributed by atoms with Crippen LogP contribution in [0.4, 0.5) is 0 Å². The maximum absolute atomic E-state index is 5.61. The molecule has 0 unspecified atom stereocenters. The molecule has 0 saturated heterocycles. The van der Waals surface area contributed by atoms with E-state index in [0.717, 1.165) is 10.0 Å². The fourth-order valence-corrected chi connectivity index (χ4v) is 1.32. The monoisotopic (exact) mass is 318 g/mol. The van der Waals surface area contributed by atoms with Crippen LogP contribution >= 0.6 is 46.5 Å². The van der Waals surface area contributed by atoms with Gasteiger partial charge >= 0.3 is 0 Å². The van der Waals surface area contributed by atoms with E-state index in [0.29, 0.717) is 0 Å². The standard InChI is InChI=1S/2C7H7Cl.H2S2/c2*1-6-2-4-7(8)5-3-6;1-2/h2*2-5H,1H3;1-2H. The maximum Gasteiger partial charge on any atom is 0.0406 e. The van der Waals surface area contributed by atoms with Crippen LogP contribution in [-0.2, 0) is 0 Å². The van der Waals surface area contributed by atoms with Gasteiger partial charge in [-0.15, -0.1) is 23.3 Å². The van der Waals surface area contributed by atoms with E-state index < -0.39 is 0 Å². The molecule has 18 heavy (non-hydrogen) atoms. The first kappa shape index (κ1) is 17.7. The highest BCUT2D eigenvalue weighted by molar-refractivity contribution is 8.59. The third-order valence-corrected chi connectivity index (χ3v) is 2.53. The summed E-state index contributed by atoms with van der Waals surface area (Å²) >= 11 is 17.7. The molecule has 0 heterocycles. The van der Waals surface area contributed by atoms with Crippen molar-refractivity contribution in [1.29, 1.82) is 0 Å². The number of thiol groups is 2. The molecule has 0 amide bonds. The summed E-state index contributed by atoms with van der Waals surface area (Å²) in [6.45, 7) is 4.08. The Labute approximate surface area is 130 Å². The number of halogens is 2. The van der Waals surface area contributed by atoms with Gasteiger partial charge in [0.25, 0.3) is 0 Å². The number of aryl methyl sites for hydroxylation is 2. The molecule has 0 aromatic heterocycles. The summed E-state index contributed by atoms with van der Waals surface area (Å²) in [6, 6.07) is 15.5. The van der Waals surface area contributed by atoms with E-state index in [1.807, 2.05) is 62.4 Å². The second-order valence-corrected chi connectivity index (χ2v) is 4.46. The van der Waals surface area contributed by atoms with Crippen LogP contribution in [0.2, 0.25) is 10.0 Å². The van der Waals surface area contributed by atoms with Crippen molar-refractivity contribution in [3.63, 3.8) is 0 Å². The number of hydrogen-bond acceptors (Lipinski definition) is 2. The molecule has 0 spiro atoms. The Morgan fingerprint density at radius 2 is 0.833 bits per heavy atom. The van der Waals surface area contributed by atoms with Gasteiger partial charge in [0.05, 0.1) is 0 Å². The van der Waals surface area contributed by atoms with Crippen LogP contribution in [0.5, 0.6) is 0 Å². The highest BCUT2D eigenvalue weighted by Crippen LogP contribution is 2.08. The smallest absolute Gasteiger partial charge is 0.0406 e. The molecule has 0 N–H and O–H groups in total. The van der Waals surface area contributed by atoms with Crippen molar-refractivity contribution in [1.82, 2.24) is 0 Å². The average molecular weight is 319 g/mol. The summed E-state index contributed by atoms with van der Waals surface area (Å²) in [4.78, 5) is 0. The molecule has 0 bridgehead atoms. The largest absolute Gasteiger partial charge is 0.115 e. The Morgan fingerprint density at radius 3 is 1.00 bits per heavy atom. The van der Waals surface area contributed by atoms with Gasteiger partial charge in [-0.25, -0.2) is 0 Å². The highest BCUT2D eigenvalue weighted by atomic mass is 35.5. The van der Waals surface area contributed by atoms with E-state index in [9.17, 15) is 0 Å². The molecule has 0 radical (unpaired) electrons. The zero-order valence-corrected chi connectivity index (χ0v) is 13.6. The molecule has 0 fully saturated rings. The molecule has 2 aromatic carbocycles. The minimum Gasteiger partial charge on any atom is -0.115 e. The Bertz CT molecular complexity index is 339. The van der Waals surface area contributed by atoms with Gasteiger partial charge < -0.3 is 0 Å². The number of benzene rings is 2. The lowest BCUT2D eigenvalue weighted by atomic mass is 10.2. The average Bonchev–Trinajstić information content (AvgIpc) is 2.40. The molecular weight excluding hydrogens is 303 g/mol. The van der Waals surface area contributed by atoms with Gasteiger partial charge in [-0.3, -0.25) is 0 Å². The minimum absolute atomic E-state index is 0.801. The summed E-state index contributed by atoms with van der Waals surface area (Å²) in [5.74, 6) is 0. The number of hydrogen-bond donors (Lipinski definition) is 2. The molecule has 2 rings (SSSR count). The van der Waals surface area contributed by atoms with Crippen molar-refractivity contribution in [2.45, 2.75) is 13.8 Å². The van der Waals surface area contributed by atoms with Gasteiger partial charge in [0, 0.05) is 10.0 Å². The third-order valence-electron chi connectivity index (χ3n) is 2.02. The number of rotatable bonds is 0. The van der Waals surface area contributed by atoms with E-state index in [1.165, 1.54) is 11.1 Å². The van der Waals surface area contributed by atoms with Crippen molar-refractivity contribution in [3.8, 4) is 0 Å². The lowest BCUT2D eigenvalue weighted by molar-refractivity contribution is 1.47. The quantitative estimate of drug-likeness (QED) is 0.428. The topological polar surface area (TPSA) is 0 Å². The Morgan fingerprint density at radius 1 is 0.611 bits per heavy atom. The fraction of sp³-hybridized carbons (Fsp3) is 0.143. The lowest BCUT2D eigenvalue weighted by Crippen LogP contribution is -1.66. The van der Waals surface area contributed by atoms with E-state index in [2.05, 4.69) is 23.3 Å². The first-order chi connectivity index (χ1) is 8.58. The zero-order valence-electron chi connectivity index (χ0n) is 10.3. The van der Waals surface area contributed by atoms with Crippen LogP contribution < -0.4 is 0 Å². The SMILES string of the molecule is Cc1ccc(Cl)cc1.Cc1ccc(Cl)cc1.SS. The van der Waals surface area contributed by atoms with E-state index in [4.69, 9.17) is 23.2 Å². The van der Waals surface area contributed by atoms with Gasteiger partial charge in [0.15, 0.2) is 0 Å². The summed E-state index contributed by atoms with van der Waals surface area (Å²) in [5, 5.41) is 1.60. The van der Waals surface area contributed by atoms with E-state index in [-0.39, 0.29) is 0 Å². The van der Waals surface area contributed by atoms with Crippen LogP contribution in [-0.4, -0.2) is 0 Å². The van der Waals surface area contributed by atoms with Crippen molar-refractivity contribution >= 4 is 46.5 Å². The summed E-state index contributed by atoms with van der Waals surface area (Å²) < 4.78 is 0. The Kier molecular flexibility index (Phi) is 10.5. The Hall–Kier alpha value is -0.280. The van der Waals surface area contributed by atoms with Gasteiger partial charge in [-0.05, 0) is 38.1 Å². The lowest BCUT2D eigenvalue weighted by Gasteiger charge is -1.88. The predicted octanol–water partition coefficient (Wildman–Crippen LogP) is 6.06.